The average Bonchev–Trinajstić information content (AvgIpc) is 3.08. The normalized spacial score (nSPS) is 22.3. The Bertz CT molecular complexity index is 694. The van der Waals surface area contributed by atoms with Gasteiger partial charge in [-0.2, -0.15) is 0 Å². The van der Waals surface area contributed by atoms with Crippen molar-refractivity contribution in [1.82, 2.24) is 5.32 Å². The Morgan fingerprint density at radius 2 is 1.81 bits per heavy atom. The average molecular weight is 362 g/mol. The van der Waals surface area contributed by atoms with Crippen LogP contribution in [0.4, 0.5) is 8.78 Å². The van der Waals surface area contributed by atoms with Crippen LogP contribution < -0.4 is 11.1 Å². The van der Waals surface area contributed by atoms with Crippen LogP contribution in [-0.2, 0) is 17.8 Å². The van der Waals surface area contributed by atoms with Crippen molar-refractivity contribution < 1.29 is 18.6 Å². The molecule has 0 saturated carbocycles. The molecule has 2 aromatic rings. The first kappa shape index (κ1) is 18.9. The Labute approximate surface area is 152 Å². The van der Waals surface area contributed by atoms with Gasteiger partial charge < -0.3 is 20.9 Å². The zero-order chi connectivity index (χ0) is 18.5. The lowest BCUT2D eigenvalue weighted by atomic mass is 9.96. The fourth-order valence-corrected chi connectivity index (χ4v) is 3.33. The van der Waals surface area contributed by atoms with E-state index in [1.807, 2.05) is 30.3 Å². The van der Waals surface area contributed by atoms with Crippen molar-refractivity contribution in [2.75, 3.05) is 6.54 Å². The standard InChI is InChI=1S/C20H24F2N2O2/c21-15-6-14(7-16(22)9-15)8-18(23)20(25)19-10-17(11-24-19)26-12-13-4-2-1-3-5-13/h1-7,9,17-20,24-25H,8,10-12,23H2/t17-,18+,19-,20+/m1/s1. The van der Waals surface area contributed by atoms with E-state index in [-0.39, 0.29) is 18.6 Å². The minimum atomic E-state index is -0.827. The number of halogens is 2. The molecule has 0 unspecified atom stereocenters. The van der Waals surface area contributed by atoms with Gasteiger partial charge in [-0.05, 0) is 36.1 Å². The van der Waals surface area contributed by atoms with Gasteiger partial charge in [0, 0.05) is 24.7 Å². The third-order valence-electron chi connectivity index (χ3n) is 4.70. The highest BCUT2D eigenvalue weighted by molar-refractivity contribution is 5.19. The van der Waals surface area contributed by atoms with E-state index in [0.29, 0.717) is 25.1 Å². The van der Waals surface area contributed by atoms with Gasteiger partial charge in [-0.3, -0.25) is 0 Å². The predicted octanol–water partition coefficient (Wildman–Crippen LogP) is 2.14. The Morgan fingerprint density at radius 1 is 1.12 bits per heavy atom. The minimum absolute atomic E-state index is 0.00586. The monoisotopic (exact) mass is 362 g/mol. The molecule has 1 saturated heterocycles. The number of nitrogens with two attached hydrogens (primary N) is 1. The van der Waals surface area contributed by atoms with Crippen LogP contribution in [-0.4, -0.2) is 35.9 Å². The first-order valence-corrected chi connectivity index (χ1v) is 8.79. The van der Waals surface area contributed by atoms with Crippen LogP contribution in [0.2, 0.25) is 0 Å². The molecule has 26 heavy (non-hydrogen) atoms. The summed E-state index contributed by atoms with van der Waals surface area (Å²) in [4.78, 5) is 0. The summed E-state index contributed by atoms with van der Waals surface area (Å²) in [6.07, 6.45) is 0.00306. The molecule has 1 fully saturated rings. The van der Waals surface area contributed by atoms with E-state index in [1.54, 1.807) is 0 Å². The molecule has 0 spiro atoms. The molecule has 4 N–H and O–H groups in total. The molecule has 1 aliphatic rings. The Balaban J connectivity index is 1.49. The Morgan fingerprint density at radius 3 is 2.50 bits per heavy atom. The molecular weight excluding hydrogens is 338 g/mol. The van der Waals surface area contributed by atoms with E-state index in [2.05, 4.69) is 5.32 Å². The van der Waals surface area contributed by atoms with E-state index in [1.165, 1.54) is 12.1 Å². The van der Waals surface area contributed by atoms with Crippen molar-refractivity contribution in [2.45, 2.75) is 43.7 Å². The molecule has 0 aliphatic carbocycles. The highest BCUT2D eigenvalue weighted by Crippen LogP contribution is 2.19. The van der Waals surface area contributed by atoms with E-state index >= 15 is 0 Å². The fourth-order valence-electron chi connectivity index (χ4n) is 3.33. The third-order valence-corrected chi connectivity index (χ3v) is 4.70. The number of nitrogens with one attached hydrogen (secondary N) is 1. The molecule has 4 atom stereocenters. The summed E-state index contributed by atoms with van der Waals surface area (Å²) in [5.41, 5.74) is 7.60. The number of aliphatic hydroxyl groups excluding tert-OH is 1. The first-order valence-electron chi connectivity index (χ1n) is 8.79. The summed E-state index contributed by atoms with van der Waals surface area (Å²) in [6, 6.07) is 12.4. The summed E-state index contributed by atoms with van der Waals surface area (Å²) in [5.74, 6) is -1.29. The molecule has 0 bridgehead atoms. The largest absolute Gasteiger partial charge is 0.390 e. The number of hydrogen-bond donors (Lipinski definition) is 3. The second-order valence-corrected chi connectivity index (χ2v) is 6.81. The first-order chi connectivity index (χ1) is 12.5. The number of ether oxygens (including phenoxy) is 1. The summed E-state index contributed by atoms with van der Waals surface area (Å²) in [7, 11) is 0. The maximum atomic E-state index is 13.3. The Hall–Kier alpha value is -1.86. The van der Waals surface area contributed by atoms with Gasteiger partial charge in [-0.1, -0.05) is 30.3 Å². The van der Waals surface area contributed by atoms with E-state index in [0.717, 1.165) is 11.6 Å². The van der Waals surface area contributed by atoms with Gasteiger partial charge in [0.1, 0.15) is 11.6 Å². The van der Waals surface area contributed by atoms with Gasteiger partial charge in [-0.25, -0.2) is 8.78 Å². The molecule has 0 radical (unpaired) electrons. The van der Waals surface area contributed by atoms with Gasteiger partial charge in [-0.15, -0.1) is 0 Å². The van der Waals surface area contributed by atoms with Crippen LogP contribution in [0.3, 0.4) is 0 Å². The molecule has 0 amide bonds. The smallest absolute Gasteiger partial charge is 0.126 e. The molecule has 6 heteroatoms. The lowest BCUT2D eigenvalue weighted by Gasteiger charge is -2.24. The molecule has 2 aromatic carbocycles. The van der Waals surface area contributed by atoms with Crippen molar-refractivity contribution in [3.05, 3.63) is 71.3 Å². The van der Waals surface area contributed by atoms with Gasteiger partial charge in [0.15, 0.2) is 0 Å². The number of hydrogen-bond acceptors (Lipinski definition) is 4. The lowest BCUT2D eigenvalue weighted by Crippen LogP contribution is -2.48. The number of aliphatic hydroxyl groups is 1. The summed E-state index contributed by atoms with van der Waals surface area (Å²) >= 11 is 0. The zero-order valence-corrected chi connectivity index (χ0v) is 14.4. The number of rotatable bonds is 7. The molecule has 4 nitrogen and oxygen atoms in total. The summed E-state index contributed by atoms with van der Waals surface area (Å²) in [5, 5.41) is 13.7. The molecule has 3 rings (SSSR count). The van der Waals surface area contributed by atoms with Crippen LogP contribution in [0.25, 0.3) is 0 Å². The van der Waals surface area contributed by atoms with Crippen LogP contribution in [0.15, 0.2) is 48.5 Å². The quantitative estimate of drug-likeness (QED) is 0.706. The van der Waals surface area contributed by atoms with Crippen molar-refractivity contribution in [3.8, 4) is 0 Å². The maximum Gasteiger partial charge on any atom is 0.126 e. The van der Waals surface area contributed by atoms with Crippen molar-refractivity contribution in [2.24, 2.45) is 5.73 Å². The molecule has 140 valence electrons. The molecule has 1 aliphatic heterocycles. The van der Waals surface area contributed by atoms with Gasteiger partial charge >= 0.3 is 0 Å². The minimum Gasteiger partial charge on any atom is -0.390 e. The van der Waals surface area contributed by atoms with Crippen molar-refractivity contribution in [1.29, 1.82) is 0 Å². The van der Waals surface area contributed by atoms with Crippen LogP contribution in [0.1, 0.15) is 17.5 Å². The summed E-state index contributed by atoms with van der Waals surface area (Å²) in [6.45, 7) is 1.15. The van der Waals surface area contributed by atoms with Crippen LogP contribution in [0, 0.1) is 11.6 Å². The molecule has 0 aromatic heterocycles. The van der Waals surface area contributed by atoms with Crippen molar-refractivity contribution >= 4 is 0 Å². The Kier molecular flexibility index (Phi) is 6.32. The topological polar surface area (TPSA) is 67.5 Å². The fraction of sp³-hybridized carbons (Fsp3) is 0.400. The van der Waals surface area contributed by atoms with Crippen LogP contribution in [0.5, 0.6) is 0 Å². The van der Waals surface area contributed by atoms with Gasteiger partial charge in [0.05, 0.1) is 18.8 Å². The number of benzene rings is 2. The van der Waals surface area contributed by atoms with E-state index < -0.39 is 23.8 Å². The van der Waals surface area contributed by atoms with Gasteiger partial charge in [0.2, 0.25) is 0 Å². The van der Waals surface area contributed by atoms with Gasteiger partial charge in [0.25, 0.3) is 0 Å². The SMILES string of the molecule is N[C@@H](Cc1cc(F)cc(F)c1)[C@H](O)[C@H]1C[C@@H](OCc2ccccc2)CN1. The second-order valence-electron chi connectivity index (χ2n) is 6.81. The van der Waals surface area contributed by atoms with E-state index in [4.69, 9.17) is 10.5 Å². The zero-order valence-electron chi connectivity index (χ0n) is 14.4. The predicted molar refractivity (Wildman–Crippen MR) is 95.5 cm³/mol. The molecular formula is C20H24F2N2O2. The maximum absolute atomic E-state index is 13.3. The third kappa shape index (κ3) is 5.08. The van der Waals surface area contributed by atoms with Crippen LogP contribution >= 0.6 is 0 Å². The highest BCUT2D eigenvalue weighted by atomic mass is 19.1. The van der Waals surface area contributed by atoms with E-state index in [9.17, 15) is 13.9 Å². The second kappa shape index (κ2) is 8.68. The van der Waals surface area contributed by atoms with Crippen molar-refractivity contribution in [3.63, 3.8) is 0 Å². The summed E-state index contributed by atoms with van der Waals surface area (Å²) < 4.78 is 32.5. The lowest BCUT2D eigenvalue weighted by molar-refractivity contribution is 0.0445. The highest BCUT2D eigenvalue weighted by Gasteiger charge is 2.33. The molecule has 1 heterocycles.